The Bertz CT molecular complexity index is 217. The van der Waals surface area contributed by atoms with Gasteiger partial charge in [-0.15, -0.1) is 0 Å². The number of hydrogen-bond donors (Lipinski definition) is 1. The average molecular weight is 171 g/mol. The predicted molar refractivity (Wildman–Crippen MR) is 44.4 cm³/mol. The van der Waals surface area contributed by atoms with Crippen LogP contribution in [0.1, 0.15) is 19.3 Å². The van der Waals surface area contributed by atoms with Gasteiger partial charge in [-0.3, -0.25) is 4.90 Å². The molecule has 0 amide bonds. The molecule has 1 N–H and O–H groups in total. The maximum atomic E-state index is 12.2. The van der Waals surface area contributed by atoms with Gasteiger partial charge in [0, 0.05) is 12.1 Å². The van der Waals surface area contributed by atoms with Crippen molar-refractivity contribution in [1.82, 2.24) is 4.90 Å². The average Bonchev–Trinajstić information content (AvgIpc) is 2.58. The molecule has 2 saturated heterocycles. The molecule has 1 unspecified atom stereocenters. The molecule has 0 aliphatic carbocycles. The van der Waals surface area contributed by atoms with Gasteiger partial charge in [0.1, 0.15) is 0 Å². The van der Waals surface area contributed by atoms with Crippen LogP contribution < -0.4 is 0 Å². The highest BCUT2D eigenvalue weighted by Gasteiger charge is 2.45. The van der Waals surface area contributed by atoms with Crippen molar-refractivity contribution in [2.24, 2.45) is 0 Å². The van der Waals surface area contributed by atoms with E-state index in [-0.39, 0.29) is 12.1 Å². The zero-order chi connectivity index (χ0) is 8.60. The smallest absolute Gasteiger partial charge is 0.0872 e. The zero-order valence-electron chi connectivity index (χ0n) is 7.09. The van der Waals surface area contributed by atoms with E-state index < -0.39 is 0 Å². The molecule has 0 spiro atoms. The summed E-state index contributed by atoms with van der Waals surface area (Å²) in [6, 6.07) is 0. The van der Waals surface area contributed by atoms with Crippen molar-refractivity contribution in [2.75, 3.05) is 19.7 Å². The van der Waals surface area contributed by atoms with Crippen LogP contribution in [-0.4, -0.2) is 35.2 Å². The van der Waals surface area contributed by atoms with Crippen molar-refractivity contribution in [3.63, 3.8) is 0 Å². The van der Waals surface area contributed by atoms with Gasteiger partial charge in [-0.25, -0.2) is 4.39 Å². The summed E-state index contributed by atoms with van der Waals surface area (Å²) >= 11 is 0. The summed E-state index contributed by atoms with van der Waals surface area (Å²) in [4.78, 5) is 2.21. The Kier molecular flexibility index (Phi) is 1.93. The predicted octanol–water partition coefficient (Wildman–Crippen LogP) is 1.07. The van der Waals surface area contributed by atoms with Crippen LogP contribution in [0.15, 0.2) is 11.9 Å². The van der Waals surface area contributed by atoms with Crippen molar-refractivity contribution in [3.8, 4) is 0 Å². The molecular weight excluding hydrogens is 157 g/mol. The van der Waals surface area contributed by atoms with Gasteiger partial charge in [0.25, 0.3) is 0 Å². The Hall–Kier alpha value is -0.410. The minimum absolute atomic E-state index is 0.0993. The van der Waals surface area contributed by atoms with Crippen molar-refractivity contribution in [3.05, 3.63) is 11.9 Å². The molecule has 0 aromatic heterocycles. The lowest BCUT2D eigenvalue weighted by atomic mass is 9.94. The summed E-state index contributed by atoms with van der Waals surface area (Å²) in [5, 5.41) is 9.25. The van der Waals surface area contributed by atoms with Crippen LogP contribution in [0.4, 0.5) is 4.39 Å². The van der Waals surface area contributed by atoms with Crippen LogP contribution in [0.5, 0.6) is 0 Å². The first kappa shape index (κ1) is 8.20. The van der Waals surface area contributed by atoms with E-state index in [1.54, 1.807) is 0 Å². The molecule has 2 fully saturated rings. The minimum atomic E-state index is -0.0993. The summed E-state index contributed by atoms with van der Waals surface area (Å²) in [7, 11) is 0. The maximum absolute atomic E-state index is 12.2. The van der Waals surface area contributed by atoms with Crippen molar-refractivity contribution < 1.29 is 9.50 Å². The molecule has 68 valence electrons. The second kappa shape index (κ2) is 2.82. The first-order chi connectivity index (χ1) is 5.80. The van der Waals surface area contributed by atoms with Gasteiger partial charge in [-0.2, -0.15) is 0 Å². The van der Waals surface area contributed by atoms with Gasteiger partial charge in [0.15, 0.2) is 0 Å². The van der Waals surface area contributed by atoms with Crippen molar-refractivity contribution in [1.29, 1.82) is 0 Å². The highest BCUT2D eigenvalue weighted by atomic mass is 19.1. The topological polar surface area (TPSA) is 23.5 Å². The normalized spacial score (nSPS) is 39.3. The number of nitrogens with zero attached hydrogens (tertiary/aromatic N) is 1. The van der Waals surface area contributed by atoms with Crippen molar-refractivity contribution in [2.45, 2.75) is 24.8 Å². The SMILES string of the molecule is OCC12CCCN1C/C(=C\F)C2. The fourth-order valence-corrected chi connectivity index (χ4v) is 2.47. The van der Waals surface area contributed by atoms with E-state index in [1.807, 2.05) is 0 Å². The van der Waals surface area contributed by atoms with E-state index in [4.69, 9.17) is 0 Å². The van der Waals surface area contributed by atoms with Crippen LogP contribution in [-0.2, 0) is 0 Å². The molecule has 2 rings (SSSR count). The first-order valence-electron chi connectivity index (χ1n) is 4.45. The Balaban J connectivity index is 2.20. The fraction of sp³-hybridized carbons (Fsp3) is 0.778. The molecule has 0 bridgehead atoms. The summed E-state index contributed by atoms with van der Waals surface area (Å²) in [6.45, 7) is 1.90. The number of rotatable bonds is 1. The van der Waals surface area contributed by atoms with E-state index in [1.165, 1.54) is 0 Å². The second-order valence-corrected chi connectivity index (χ2v) is 3.85. The lowest BCUT2D eigenvalue weighted by Gasteiger charge is -2.28. The summed E-state index contributed by atoms with van der Waals surface area (Å²) in [5.74, 6) is 0. The van der Waals surface area contributed by atoms with Gasteiger partial charge in [-0.05, 0) is 31.4 Å². The summed E-state index contributed by atoms with van der Waals surface area (Å²) in [5.41, 5.74) is 0.738. The highest BCUT2D eigenvalue weighted by molar-refractivity contribution is 5.18. The third kappa shape index (κ3) is 1.00. The lowest BCUT2D eigenvalue weighted by molar-refractivity contribution is 0.1000. The number of aliphatic hydroxyl groups excluding tert-OH is 1. The number of aliphatic hydroxyl groups is 1. The van der Waals surface area contributed by atoms with E-state index >= 15 is 0 Å². The molecule has 2 heterocycles. The molecule has 2 nitrogen and oxygen atoms in total. The third-order valence-corrected chi connectivity index (χ3v) is 3.14. The molecule has 2 aliphatic heterocycles. The van der Waals surface area contributed by atoms with Crippen LogP contribution in [0, 0.1) is 0 Å². The minimum Gasteiger partial charge on any atom is -0.394 e. The lowest BCUT2D eigenvalue weighted by Crippen LogP contribution is -2.41. The third-order valence-electron chi connectivity index (χ3n) is 3.14. The van der Waals surface area contributed by atoms with Crippen molar-refractivity contribution >= 4 is 0 Å². The van der Waals surface area contributed by atoms with Gasteiger partial charge >= 0.3 is 0 Å². The Morgan fingerprint density at radius 2 is 2.50 bits per heavy atom. The molecule has 0 aromatic carbocycles. The molecule has 0 aromatic rings. The monoisotopic (exact) mass is 171 g/mol. The quantitative estimate of drug-likeness (QED) is 0.638. The molecule has 1 atom stereocenters. The maximum Gasteiger partial charge on any atom is 0.0872 e. The number of fused-ring (bicyclic) bond motifs is 1. The molecule has 3 heteroatoms. The molecule has 12 heavy (non-hydrogen) atoms. The Morgan fingerprint density at radius 3 is 3.08 bits per heavy atom. The Labute approximate surface area is 71.7 Å². The van der Waals surface area contributed by atoms with Crippen LogP contribution in [0.2, 0.25) is 0 Å². The van der Waals surface area contributed by atoms with Crippen LogP contribution in [0.25, 0.3) is 0 Å². The number of hydrogen-bond acceptors (Lipinski definition) is 2. The zero-order valence-corrected chi connectivity index (χ0v) is 7.09. The first-order valence-corrected chi connectivity index (χ1v) is 4.45. The van der Waals surface area contributed by atoms with Gasteiger partial charge in [0.05, 0.1) is 12.9 Å². The molecular formula is C9H14FNO. The van der Waals surface area contributed by atoms with Gasteiger partial charge < -0.3 is 5.11 Å². The molecule has 0 radical (unpaired) electrons. The summed E-state index contributed by atoms with van der Waals surface area (Å²) in [6.07, 6.45) is 3.58. The number of halogens is 1. The van der Waals surface area contributed by atoms with Crippen LogP contribution >= 0.6 is 0 Å². The van der Waals surface area contributed by atoms with E-state index in [0.717, 1.165) is 37.9 Å². The van der Waals surface area contributed by atoms with E-state index in [0.29, 0.717) is 6.33 Å². The summed E-state index contributed by atoms with van der Waals surface area (Å²) < 4.78 is 12.2. The molecule has 2 aliphatic rings. The molecule has 0 saturated carbocycles. The van der Waals surface area contributed by atoms with E-state index in [9.17, 15) is 9.50 Å². The Morgan fingerprint density at radius 1 is 1.67 bits per heavy atom. The van der Waals surface area contributed by atoms with E-state index in [2.05, 4.69) is 4.90 Å². The van der Waals surface area contributed by atoms with Gasteiger partial charge in [-0.1, -0.05) is 0 Å². The fourth-order valence-electron chi connectivity index (χ4n) is 2.47. The standard InChI is InChI=1S/C9H14FNO/c10-5-8-4-9(7-12)2-1-3-11(9)6-8/h5,12H,1-4,6-7H2/b8-5-. The van der Waals surface area contributed by atoms with Crippen LogP contribution in [0.3, 0.4) is 0 Å². The second-order valence-electron chi connectivity index (χ2n) is 3.85. The van der Waals surface area contributed by atoms with Gasteiger partial charge in [0.2, 0.25) is 0 Å². The highest BCUT2D eigenvalue weighted by Crippen LogP contribution is 2.40. The largest absolute Gasteiger partial charge is 0.394 e.